The largest absolute Gasteiger partial charge is 0.540 e. The lowest BCUT2D eigenvalue weighted by Crippen LogP contribution is -2.15. The van der Waals surface area contributed by atoms with Gasteiger partial charge in [-0.2, -0.15) is 0 Å². The molecule has 0 amide bonds. The molecule has 2 radical (unpaired) electrons. The topological polar surface area (TPSA) is 18.5 Å². The van der Waals surface area contributed by atoms with Crippen molar-refractivity contribution in [3.05, 3.63) is 24.3 Å². The lowest BCUT2D eigenvalue weighted by atomic mass is 10.3. The SMILES string of the molecule is C[Si](C)Oc1ccccc1O[Si](C)C. The molecule has 0 fully saturated rings. The Morgan fingerprint density at radius 3 is 1.43 bits per heavy atom. The van der Waals surface area contributed by atoms with Gasteiger partial charge in [0.1, 0.15) is 11.5 Å². The molecule has 0 bridgehead atoms. The van der Waals surface area contributed by atoms with Gasteiger partial charge in [0.25, 0.3) is 18.1 Å². The zero-order valence-corrected chi connectivity index (χ0v) is 11.1. The minimum absolute atomic E-state index is 0.713. The Bertz CT molecular complexity index is 258. The van der Waals surface area contributed by atoms with Crippen LogP contribution in [0, 0.1) is 0 Å². The third-order valence-electron chi connectivity index (χ3n) is 1.48. The van der Waals surface area contributed by atoms with Crippen LogP contribution >= 0.6 is 0 Å². The zero-order valence-electron chi connectivity index (χ0n) is 9.13. The van der Waals surface area contributed by atoms with Crippen molar-refractivity contribution in [3.8, 4) is 11.5 Å². The van der Waals surface area contributed by atoms with Gasteiger partial charge in [-0.15, -0.1) is 0 Å². The van der Waals surface area contributed by atoms with Gasteiger partial charge < -0.3 is 8.85 Å². The summed E-state index contributed by atoms with van der Waals surface area (Å²) < 4.78 is 11.5. The first kappa shape index (κ1) is 11.3. The molecule has 0 aromatic heterocycles. The van der Waals surface area contributed by atoms with E-state index in [4.69, 9.17) is 8.85 Å². The van der Waals surface area contributed by atoms with Crippen LogP contribution in [-0.4, -0.2) is 18.1 Å². The highest BCUT2D eigenvalue weighted by Crippen LogP contribution is 2.27. The monoisotopic (exact) mass is 224 g/mol. The summed E-state index contributed by atoms with van der Waals surface area (Å²) in [7, 11) is -1.43. The lowest BCUT2D eigenvalue weighted by molar-refractivity contribution is 0.509. The van der Waals surface area contributed by atoms with Gasteiger partial charge in [0, 0.05) is 0 Å². The van der Waals surface area contributed by atoms with E-state index in [-0.39, 0.29) is 0 Å². The van der Waals surface area contributed by atoms with Gasteiger partial charge in [-0.1, -0.05) is 12.1 Å². The average molecular weight is 224 g/mol. The first-order chi connectivity index (χ1) is 6.59. The quantitative estimate of drug-likeness (QED) is 0.732. The van der Waals surface area contributed by atoms with E-state index >= 15 is 0 Å². The van der Waals surface area contributed by atoms with Gasteiger partial charge in [0.05, 0.1) is 0 Å². The van der Waals surface area contributed by atoms with Crippen LogP contribution in [0.3, 0.4) is 0 Å². The predicted octanol–water partition coefficient (Wildman–Crippen LogP) is 2.95. The summed E-state index contributed by atoms with van der Waals surface area (Å²) in [6.07, 6.45) is 0. The fourth-order valence-corrected chi connectivity index (χ4v) is 2.28. The van der Waals surface area contributed by atoms with E-state index in [1.54, 1.807) is 0 Å². The summed E-state index contributed by atoms with van der Waals surface area (Å²) in [6.45, 7) is 8.47. The van der Waals surface area contributed by atoms with Crippen molar-refractivity contribution in [2.45, 2.75) is 26.2 Å². The van der Waals surface area contributed by atoms with Gasteiger partial charge in [-0.25, -0.2) is 0 Å². The number of benzene rings is 1. The smallest absolute Gasteiger partial charge is 0.274 e. The minimum Gasteiger partial charge on any atom is -0.540 e. The Kier molecular flexibility index (Phi) is 4.22. The summed E-state index contributed by atoms with van der Waals surface area (Å²) in [5.74, 6) is 1.77. The standard InChI is InChI=1S/C10H16O2Si2/c1-13(2)11-9-7-5-6-8-10(9)12-14(3)4/h5-8H,1-4H3. The molecule has 0 saturated carbocycles. The van der Waals surface area contributed by atoms with E-state index in [9.17, 15) is 0 Å². The van der Waals surface area contributed by atoms with E-state index in [1.807, 2.05) is 24.3 Å². The van der Waals surface area contributed by atoms with Crippen LogP contribution in [0.5, 0.6) is 11.5 Å². The van der Waals surface area contributed by atoms with E-state index in [2.05, 4.69) is 26.2 Å². The second kappa shape index (κ2) is 5.21. The van der Waals surface area contributed by atoms with Gasteiger partial charge >= 0.3 is 0 Å². The van der Waals surface area contributed by atoms with Crippen molar-refractivity contribution < 1.29 is 8.85 Å². The number of hydrogen-bond donors (Lipinski definition) is 0. The number of para-hydroxylation sites is 2. The van der Waals surface area contributed by atoms with Crippen molar-refractivity contribution in [3.63, 3.8) is 0 Å². The predicted molar refractivity (Wildman–Crippen MR) is 62.7 cm³/mol. The molecule has 0 aliphatic carbocycles. The molecular formula is C10H16O2Si2. The summed E-state index contributed by atoms with van der Waals surface area (Å²) in [5.41, 5.74) is 0. The van der Waals surface area contributed by atoms with Crippen LogP contribution in [0.15, 0.2) is 24.3 Å². The van der Waals surface area contributed by atoms with E-state index < -0.39 is 18.1 Å². The van der Waals surface area contributed by atoms with Crippen LogP contribution in [0.2, 0.25) is 26.2 Å². The first-order valence-electron chi connectivity index (χ1n) is 4.64. The molecular weight excluding hydrogens is 208 g/mol. The van der Waals surface area contributed by atoms with Crippen molar-refractivity contribution in [2.24, 2.45) is 0 Å². The normalized spacial score (nSPS) is 10.7. The number of rotatable bonds is 4. The lowest BCUT2D eigenvalue weighted by Gasteiger charge is -2.15. The van der Waals surface area contributed by atoms with Gasteiger partial charge in [0.15, 0.2) is 0 Å². The maximum atomic E-state index is 5.74. The zero-order chi connectivity index (χ0) is 10.6. The summed E-state index contributed by atoms with van der Waals surface area (Å²) >= 11 is 0. The molecule has 0 spiro atoms. The minimum atomic E-state index is -0.713. The summed E-state index contributed by atoms with van der Waals surface area (Å²) in [6, 6.07) is 7.89. The molecule has 0 atom stereocenters. The van der Waals surface area contributed by atoms with Crippen molar-refractivity contribution in [1.29, 1.82) is 0 Å². The molecule has 2 nitrogen and oxygen atoms in total. The molecule has 1 aromatic carbocycles. The highest BCUT2D eigenvalue weighted by atomic mass is 28.3. The third kappa shape index (κ3) is 3.55. The highest BCUT2D eigenvalue weighted by molar-refractivity contribution is 6.50. The highest BCUT2D eigenvalue weighted by Gasteiger charge is 2.08. The van der Waals surface area contributed by atoms with Crippen LogP contribution in [0.4, 0.5) is 0 Å². The molecule has 0 saturated heterocycles. The van der Waals surface area contributed by atoms with Crippen LogP contribution in [0.1, 0.15) is 0 Å². The second-order valence-corrected chi connectivity index (χ2v) is 7.51. The Labute approximate surface area is 89.3 Å². The molecule has 0 N–H and O–H groups in total. The van der Waals surface area contributed by atoms with E-state index in [1.165, 1.54) is 0 Å². The Hall–Kier alpha value is -0.746. The molecule has 4 heteroatoms. The maximum Gasteiger partial charge on any atom is 0.274 e. The number of hydrogen-bond acceptors (Lipinski definition) is 2. The van der Waals surface area contributed by atoms with Gasteiger partial charge in [-0.05, 0) is 38.3 Å². The van der Waals surface area contributed by atoms with Crippen molar-refractivity contribution >= 4 is 18.1 Å². The van der Waals surface area contributed by atoms with Crippen LogP contribution < -0.4 is 8.85 Å². The molecule has 0 aliphatic heterocycles. The van der Waals surface area contributed by atoms with Gasteiger partial charge in [0.2, 0.25) is 0 Å². The second-order valence-electron chi connectivity index (χ2n) is 3.47. The molecule has 76 valence electrons. The summed E-state index contributed by atoms with van der Waals surface area (Å²) in [5, 5.41) is 0. The average Bonchev–Trinajstić information content (AvgIpc) is 2.06. The maximum absolute atomic E-state index is 5.74. The molecule has 0 aliphatic rings. The summed E-state index contributed by atoms with van der Waals surface area (Å²) in [4.78, 5) is 0. The van der Waals surface area contributed by atoms with E-state index in [0.29, 0.717) is 0 Å². The van der Waals surface area contributed by atoms with Crippen molar-refractivity contribution in [2.75, 3.05) is 0 Å². The van der Waals surface area contributed by atoms with Crippen LogP contribution in [-0.2, 0) is 0 Å². The Morgan fingerprint density at radius 1 is 0.786 bits per heavy atom. The molecule has 14 heavy (non-hydrogen) atoms. The molecule has 0 unspecified atom stereocenters. The Morgan fingerprint density at radius 2 is 1.14 bits per heavy atom. The molecule has 1 rings (SSSR count). The molecule has 1 aromatic rings. The molecule has 0 heterocycles. The fraction of sp³-hybridized carbons (Fsp3) is 0.400. The van der Waals surface area contributed by atoms with Crippen LogP contribution in [0.25, 0.3) is 0 Å². The Balaban J connectivity index is 2.80. The third-order valence-corrected chi connectivity index (χ3v) is 2.73. The van der Waals surface area contributed by atoms with Gasteiger partial charge in [-0.3, -0.25) is 0 Å². The van der Waals surface area contributed by atoms with Crippen molar-refractivity contribution in [1.82, 2.24) is 0 Å². The fourth-order valence-electron chi connectivity index (χ4n) is 1.06. The first-order valence-corrected chi connectivity index (χ1v) is 9.46. The van der Waals surface area contributed by atoms with E-state index in [0.717, 1.165) is 11.5 Å².